The molecule has 0 atom stereocenters. The molecule has 0 saturated heterocycles. The summed E-state index contributed by atoms with van der Waals surface area (Å²) in [5, 5.41) is 1.16. The lowest BCUT2D eigenvalue weighted by Gasteiger charge is -2.32. The van der Waals surface area contributed by atoms with Gasteiger partial charge in [0.05, 0.1) is 11.7 Å². The van der Waals surface area contributed by atoms with Gasteiger partial charge in [0.15, 0.2) is 0 Å². The number of hydrogen-bond acceptors (Lipinski definition) is 3. The lowest BCUT2D eigenvalue weighted by Crippen LogP contribution is -2.19. The topological polar surface area (TPSA) is 26.3 Å². The van der Waals surface area contributed by atoms with E-state index in [1.165, 1.54) is 40.9 Å². The Morgan fingerprint density at radius 1 is 1.24 bits per heavy atom. The molecule has 0 unspecified atom stereocenters. The fourth-order valence-corrected chi connectivity index (χ4v) is 5.14. The van der Waals surface area contributed by atoms with Crippen molar-refractivity contribution < 1.29 is 9.53 Å². The maximum absolute atomic E-state index is 12.2. The lowest BCUT2D eigenvalue weighted by atomic mass is 9.72. The average molecular weight is 409 g/mol. The minimum absolute atomic E-state index is 0.109. The molecule has 2 aromatic rings. The van der Waals surface area contributed by atoms with Crippen LogP contribution in [0.5, 0.6) is 0 Å². The molecule has 1 aromatic heterocycles. The third-order valence-electron chi connectivity index (χ3n) is 5.54. The molecular formula is C26H32O2S. The highest BCUT2D eigenvalue weighted by molar-refractivity contribution is 7.19. The SMILES string of the molecule is CC(C=CC1=C(C)CCCC1(C)C)=Cc1cc2ccc(C(=O)OC(C)C)cc2s1. The van der Waals surface area contributed by atoms with Crippen molar-refractivity contribution in [1.29, 1.82) is 0 Å². The molecule has 1 aromatic carbocycles. The zero-order chi connectivity index (χ0) is 21.2. The second-order valence-electron chi connectivity index (χ2n) is 9.01. The van der Waals surface area contributed by atoms with Gasteiger partial charge in [0.1, 0.15) is 0 Å². The van der Waals surface area contributed by atoms with Crippen LogP contribution in [0.2, 0.25) is 0 Å². The normalized spacial score (nSPS) is 17.6. The van der Waals surface area contributed by atoms with Crippen LogP contribution in [0.1, 0.15) is 76.0 Å². The van der Waals surface area contributed by atoms with Gasteiger partial charge in [-0.15, -0.1) is 11.3 Å². The van der Waals surface area contributed by atoms with Gasteiger partial charge in [0.25, 0.3) is 0 Å². The van der Waals surface area contributed by atoms with E-state index in [0.29, 0.717) is 5.56 Å². The van der Waals surface area contributed by atoms with Gasteiger partial charge in [-0.25, -0.2) is 4.79 Å². The summed E-state index contributed by atoms with van der Waals surface area (Å²) < 4.78 is 6.42. The zero-order valence-corrected chi connectivity index (χ0v) is 19.3. The van der Waals surface area contributed by atoms with Crippen LogP contribution in [0.25, 0.3) is 16.2 Å². The Kier molecular flexibility index (Phi) is 6.48. The minimum Gasteiger partial charge on any atom is -0.459 e. The van der Waals surface area contributed by atoms with Crippen LogP contribution in [0.3, 0.4) is 0 Å². The van der Waals surface area contributed by atoms with E-state index in [-0.39, 0.29) is 17.5 Å². The molecule has 0 bridgehead atoms. The molecular weight excluding hydrogens is 376 g/mol. The first-order chi connectivity index (χ1) is 13.7. The molecule has 0 N–H and O–H groups in total. The zero-order valence-electron chi connectivity index (χ0n) is 18.5. The highest BCUT2D eigenvalue weighted by Gasteiger charge is 2.26. The molecule has 0 amide bonds. The predicted octanol–water partition coefficient (Wildman–Crippen LogP) is 7.95. The molecule has 1 aliphatic carbocycles. The summed E-state index contributed by atoms with van der Waals surface area (Å²) >= 11 is 1.71. The molecule has 0 spiro atoms. The van der Waals surface area contributed by atoms with Crippen LogP contribution in [-0.4, -0.2) is 12.1 Å². The summed E-state index contributed by atoms with van der Waals surface area (Å²) in [5.74, 6) is -0.259. The molecule has 3 heteroatoms. The largest absolute Gasteiger partial charge is 0.459 e. The van der Waals surface area contributed by atoms with E-state index in [0.717, 1.165) is 10.1 Å². The monoisotopic (exact) mass is 408 g/mol. The summed E-state index contributed by atoms with van der Waals surface area (Å²) in [5.41, 5.74) is 5.12. The maximum Gasteiger partial charge on any atom is 0.338 e. The predicted molar refractivity (Wildman–Crippen MR) is 125 cm³/mol. The summed E-state index contributed by atoms with van der Waals surface area (Å²) in [4.78, 5) is 13.4. The van der Waals surface area contributed by atoms with Crippen molar-refractivity contribution in [1.82, 2.24) is 0 Å². The van der Waals surface area contributed by atoms with Crippen molar-refractivity contribution in [3.8, 4) is 0 Å². The Morgan fingerprint density at radius 3 is 2.69 bits per heavy atom. The molecule has 0 radical (unpaired) electrons. The van der Waals surface area contributed by atoms with Crippen LogP contribution in [0.15, 0.2) is 53.1 Å². The van der Waals surface area contributed by atoms with Crippen molar-refractivity contribution in [2.75, 3.05) is 0 Å². The highest BCUT2D eigenvalue weighted by Crippen LogP contribution is 2.41. The summed E-state index contributed by atoms with van der Waals surface area (Å²) in [6, 6.07) is 7.97. The fourth-order valence-electron chi connectivity index (χ4n) is 4.03. The third-order valence-corrected chi connectivity index (χ3v) is 6.59. The molecule has 2 nitrogen and oxygen atoms in total. The third kappa shape index (κ3) is 5.27. The second-order valence-corrected chi connectivity index (χ2v) is 10.1. The molecule has 1 aliphatic rings. The number of carbonyl (C=O) groups excluding carboxylic acids is 1. The van der Waals surface area contributed by atoms with Gasteiger partial charge in [0.2, 0.25) is 0 Å². The van der Waals surface area contributed by atoms with E-state index < -0.39 is 0 Å². The van der Waals surface area contributed by atoms with Gasteiger partial charge in [0, 0.05) is 9.58 Å². The van der Waals surface area contributed by atoms with Crippen LogP contribution < -0.4 is 0 Å². The Bertz CT molecular complexity index is 999. The van der Waals surface area contributed by atoms with Gasteiger partial charge in [-0.1, -0.05) is 37.6 Å². The summed E-state index contributed by atoms with van der Waals surface area (Å²) in [6.45, 7) is 12.9. The Hall–Kier alpha value is -2.13. The Balaban J connectivity index is 1.81. The van der Waals surface area contributed by atoms with Gasteiger partial charge >= 0.3 is 5.97 Å². The Labute approximate surface area is 179 Å². The van der Waals surface area contributed by atoms with Crippen molar-refractivity contribution in [3.05, 3.63) is 63.6 Å². The number of hydrogen-bond donors (Lipinski definition) is 0. The number of allylic oxidation sites excluding steroid dienone is 5. The Morgan fingerprint density at radius 2 is 2.00 bits per heavy atom. The number of ether oxygens (including phenoxy) is 1. The summed E-state index contributed by atoms with van der Waals surface area (Å²) in [6.07, 6.45) is 10.4. The van der Waals surface area contributed by atoms with E-state index in [2.05, 4.69) is 52.0 Å². The van der Waals surface area contributed by atoms with Crippen LogP contribution in [-0.2, 0) is 4.74 Å². The second kappa shape index (κ2) is 8.71. The smallest absolute Gasteiger partial charge is 0.338 e. The van der Waals surface area contributed by atoms with Crippen molar-refractivity contribution >= 4 is 33.5 Å². The number of esters is 1. The lowest BCUT2D eigenvalue weighted by molar-refractivity contribution is 0.0378. The molecule has 0 fully saturated rings. The van der Waals surface area contributed by atoms with Gasteiger partial charge in [-0.2, -0.15) is 0 Å². The number of rotatable bonds is 5. The molecule has 1 heterocycles. The first-order valence-corrected chi connectivity index (χ1v) is 11.3. The van der Waals surface area contributed by atoms with Crippen molar-refractivity contribution in [3.63, 3.8) is 0 Å². The van der Waals surface area contributed by atoms with E-state index in [9.17, 15) is 4.79 Å². The molecule has 0 saturated carbocycles. The molecule has 3 rings (SSSR count). The number of benzene rings is 1. The van der Waals surface area contributed by atoms with E-state index in [4.69, 9.17) is 4.74 Å². The minimum atomic E-state index is -0.259. The standard InChI is InChI=1S/C26H32O2S/c1-17(2)28-25(27)21-11-10-20-15-22(29-24(20)16-21)14-18(3)9-12-23-19(4)8-7-13-26(23,5)6/h9-12,14-17H,7-8,13H2,1-6H3. The molecule has 154 valence electrons. The van der Waals surface area contributed by atoms with Gasteiger partial charge in [-0.05, 0) is 93.2 Å². The number of thiophene rings is 1. The van der Waals surface area contributed by atoms with E-state index in [1.807, 2.05) is 32.0 Å². The van der Waals surface area contributed by atoms with Crippen LogP contribution >= 0.6 is 11.3 Å². The van der Waals surface area contributed by atoms with E-state index in [1.54, 1.807) is 11.3 Å². The first kappa shape index (κ1) is 21.6. The van der Waals surface area contributed by atoms with Gasteiger partial charge in [-0.3, -0.25) is 0 Å². The quantitative estimate of drug-likeness (QED) is 0.370. The van der Waals surface area contributed by atoms with Crippen LogP contribution in [0.4, 0.5) is 0 Å². The number of carbonyl (C=O) groups is 1. The first-order valence-electron chi connectivity index (χ1n) is 10.5. The maximum atomic E-state index is 12.2. The van der Waals surface area contributed by atoms with E-state index >= 15 is 0 Å². The fraction of sp³-hybridized carbons (Fsp3) is 0.423. The van der Waals surface area contributed by atoms with Gasteiger partial charge < -0.3 is 4.74 Å². The number of fused-ring (bicyclic) bond motifs is 1. The molecule has 29 heavy (non-hydrogen) atoms. The molecule has 0 aliphatic heterocycles. The average Bonchev–Trinajstić information content (AvgIpc) is 3.01. The van der Waals surface area contributed by atoms with Crippen molar-refractivity contribution in [2.24, 2.45) is 5.41 Å². The van der Waals surface area contributed by atoms with Crippen molar-refractivity contribution in [2.45, 2.75) is 66.9 Å². The van der Waals surface area contributed by atoms with Crippen LogP contribution in [0, 0.1) is 5.41 Å². The highest BCUT2D eigenvalue weighted by atomic mass is 32.1. The summed E-state index contributed by atoms with van der Waals surface area (Å²) in [7, 11) is 0.